The predicted octanol–water partition coefficient (Wildman–Crippen LogP) is 4.65. The molecule has 4 rings (SSSR count). The number of rotatable bonds is 3. The molecule has 2 aliphatic rings. The second kappa shape index (κ2) is 9.62. The summed E-state index contributed by atoms with van der Waals surface area (Å²) in [6, 6.07) is 15.9. The predicted molar refractivity (Wildman–Crippen MR) is 118 cm³/mol. The lowest BCUT2D eigenvalue weighted by molar-refractivity contribution is 0.146. The van der Waals surface area contributed by atoms with Gasteiger partial charge in [-0.05, 0) is 55.9 Å². The fourth-order valence-corrected chi connectivity index (χ4v) is 4.83. The van der Waals surface area contributed by atoms with Crippen LogP contribution in [0.3, 0.4) is 0 Å². The van der Waals surface area contributed by atoms with Crippen molar-refractivity contribution in [3.05, 3.63) is 54.2 Å². The molecule has 2 amide bonds. The molecule has 0 bridgehead atoms. The highest BCUT2D eigenvalue weighted by molar-refractivity contribution is 5.89. The molecule has 30 heavy (non-hydrogen) atoms. The van der Waals surface area contributed by atoms with E-state index in [1.807, 2.05) is 42.5 Å². The Balaban J connectivity index is 1.43. The van der Waals surface area contributed by atoms with Gasteiger partial charge in [-0.25, -0.2) is 9.78 Å². The monoisotopic (exact) mass is 403 g/mol. The number of para-hydroxylation sites is 1. The highest BCUT2D eigenvalue weighted by atomic mass is 16.2. The van der Waals surface area contributed by atoms with Crippen LogP contribution in [0.2, 0.25) is 0 Å². The molecule has 6 heteroatoms. The first-order valence-electron chi connectivity index (χ1n) is 11.0. The normalized spacial score (nSPS) is 20.3. The van der Waals surface area contributed by atoms with Crippen LogP contribution in [0.1, 0.15) is 44.1 Å². The number of pyridine rings is 1. The number of nitrogens with one attached hydrogen (secondary N) is 1. The maximum atomic E-state index is 13.1. The quantitative estimate of drug-likeness (QED) is 0.810. The molecule has 6 nitrogen and oxygen atoms in total. The van der Waals surface area contributed by atoms with Crippen molar-refractivity contribution in [3.63, 3.8) is 0 Å². The molecule has 0 spiro atoms. The number of hydrogen-bond acceptors (Lipinski definition) is 4. The van der Waals surface area contributed by atoms with Gasteiger partial charge in [0.2, 0.25) is 0 Å². The molecule has 2 saturated heterocycles. The minimum Gasteiger partial charge on any atom is -0.356 e. The van der Waals surface area contributed by atoms with Crippen LogP contribution >= 0.6 is 0 Å². The molecule has 156 valence electrons. The number of nitrogens with zero attached hydrogens (tertiary/aromatic N) is 4. The van der Waals surface area contributed by atoms with Gasteiger partial charge in [-0.1, -0.05) is 31.0 Å². The third-order valence-corrected chi connectivity index (χ3v) is 6.38. The molecule has 0 radical (unpaired) electrons. The van der Waals surface area contributed by atoms with Gasteiger partial charge in [-0.2, -0.15) is 5.26 Å². The van der Waals surface area contributed by atoms with Gasteiger partial charge in [0.25, 0.3) is 0 Å². The van der Waals surface area contributed by atoms with Gasteiger partial charge in [0.1, 0.15) is 11.9 Å². The number of amides is 2. The summed E-state index contributed by atoms with van der Waals surface area (Å²) in [6.07, 6.45) is 8.28. The van der Waals surface area contributed by atoms with E-state index in [4.69, 9.17) is 0 Å². The topological polar surface area (TPSA) is 72.3 Å². The third-order valence-electron chi connectivity index (χ3n) is 6.38. The molecule has 3 heterocycles. The largest absolute Gasteiger partial charge is 0.356 e. The van der Waals surface area contributed by atoms with Crippen molar-refractivity contribution in [1.82, 2.24) is 9.88 Å². The van der Waals surface area contributed by atoms with Gasteiger partial charge >= 0.3 is 6.03 Å². The fraction of sp³-hybridized carbons (Fsp3) is 0.458. The number of nitriles is 1. The Morgan fingerprint density at radius 3 is 2.57 bits per heavy atom. The van der Waals surface area contributed by atoms with Crippen molar-refractivity contribution in [2.75, 3.05) is 29.9 Å². The van der Waals surface area contributed by atoms with E-state index in [0.29, 0.717) is 11.5 Å². The van der Waals surface area contributed by atoms with Gasteiger partial charge in [-0.15, -0.1) is 0 Å². The molecule has 0 saturated carbocycles. The highest BCUT2D eigenvalue weighted by Gasteiger charge is 2.34. The summed E-state index contributed by atoms with van der Waals surface area (Å²) in [5.41, 5.74) is 1.48. The third kappa shape index (κ3) is 4.56. The standard InChI is InChI=1S/C24H29N5O/c25-18-20-8-7-14-26-23(20)28-16-12-19(13-17-28)22-11-5-2-6-15-29(22)24(30)27-21-9-3-1-4-10-21/h1,3-4,7-10,14,19,22H,2,5-6,11-13,15-17H2,(H,27,30)/t22-/m1/s1. The van der Waals surface area contributed by atoms with Crippen LogP contribution in [0.25, 0.3) is 0 Å². The lowest BCUT2D eigenvalue weighted by atomic mass is 9.86. The van der Waals surface area contributed by atoms with Crippen molar-refractivity contribution >= 4 is 17.5 Å². The zero-order chi connectivity index (χ0) is 20.8. The van der Waals surface area contributed by atoms with Crippen molar-refractivity contribution in [3.8, 4) is 6.07 Å². The molecule has 0 aliphatic carbocycles. The SMILES string of the molecule is N#Cc1cccnc1N1CCC([C@H]2CCCCCN2C(=O)Nc2ccccc2)CC1. The number of urea groups is 1. The zero-order valence-corrected chi connectivity index (χ0v) is 17.3. The van der Waals surface area contributed by atoms with Crippen LogP contribution in [-0.2, 0) is 0 Å². The van der Waals surface area contributed by atoms with E-state index < -0.39 is 0 Å². The number of likely N-dealkylation sites (tertiary alicyclic amines) is 1. The minimum atomic E-state index is 0.0204. The van der Waals surface area contributed by atoms with Crippen LogP contribution in [-0.4, -0.2) is 41.6 Å². The molecule has 1 aromatic heterocycles. The number of aromatic nitrogens is 1. The number of anilines is 2. The summed E-state index contributed by atoms with van der Waals surface area (Å²) >= 11 is 0. The maximum Gasteiger partial charge on any atom is 0.322 e. The summed E-state index contributed by atoms with van der Waals surface area (Å²) in [5.74, 6) is 1.27. The summed E-state index contributed by atoms with van der Waals surface area (Å²) < 4.78 is 0. The number of piperidine rings is 1. The van der Waals surface area contributed by atoms with Crippen molar-refractivity contribution < 1.29 is 4.79 Å². The second-order valence-electron chi connectivity index (χ2n) is 8.22. The van der Waals surface area contributed by atoms with Gasteiger partial charge in [-0.3, -0.25) is 0 Å². The van der Waals surface area contributed by atoms with E-state index in [0.717, 1.165) is 56.8 Å². The second-order valence-corrected chi connectivity index (χ2v) is 8.22. The summed E-state index contributed by atoms with van der Waals surface area (Å²) in [5, 5.41) is 12.5. The van der Waals surface area contributed by atoms with Crippen LogP contribution in [0.5, 0.6) is 0 Å². The van der Waals surface area contributed by atoms with Gasteiger partial charge in [0.15, 0.2) is 0 Å². The Bertz CT molecular complexity index is 886. The minimum absolute atomic E-state index is 0.0204. The molecule has 2 aromatic rings. The lowest BCUT2D eigenvalue weighted by Gasteiger charge is -2.41. The Morgan fingerprint density at radius 1 is 1.00 bits per heavy atom. The van der Waals surface area contributed by atoms with E-state index in [1.165, 1.54) is 12.8 Å². The summed E-state index contributed by atoms with van der Waals surface area (Å²) in [6.45, 7) is 2.57. The summed E-state index contributed by atoms with van der Waals surface area (Å²) in [4.78, 5) is 21.9. The summed E-state index contributed by atoms with van der Waals surface area (Å²) in [7, 11) is 0. The van der Waals surface area contributed by atoms with Crippen LogP contribution in [0.4, 0.5) is 16.3 Å². The highest BCUT2D eigenvalue weighted by Crippen LogP contribution is 2.32. The van der Waals surface area contributed by atoms with Gasteiger partial charge in [0.05, 0.1) is 5.56 Å². The Hall–Kier alpha value is -3.07. The Kier molecular flexibility index (Phi) is 6.48. The Morgan fingerprint density at radius 2 is 1.80 bits per heavy atom. The smallest absolute Gasteiger partial charge is 0.322 e. The van der Waals surface area contributed by atoms with Crippen molar-refractivity contribution in [1.29, 1.82) is 5.26 Å². The van der Waals surface area contributed by atoms with Crippen molar-refractivity contribution in [2.24, 2.45) is 5.92 Å². The van der Waals surface area contributed by atoms with E-state index in [9.17, 15) is 10.1 Å². The number of benzene rings is 1. The van der Waals surface area contributed by atoms with Gasteiger partial charge < -0.3 is 15.1 Å². The van der Waals surface area contributed by atoms with Gasteiger partial charge in [0, 0.05) is 37.6 Å². The molecule has 1 aromatic carbocycles. The average Bonchev–Trinajstić information content (AvgIpc) is 3.06. The molecule has 2 aliphatic heterocycles. The molecule has 0 unspecified atom stereocenters. The molecule has 2 fully saturated rings. The lowest BCUT2D eigenvalue weighted by Crippen LogP contribution is -2.49. The first kappa shape index (κ1) is 20.2. The van der Waals surface area contributed by atoms with Crippen LogP contribution in [0.15, 0.2) is 48.7 Å². The molecular weight excluding hydrogens is 374 g/mol. The molecule has 1 atom stereocenters. The van der Waals surface area contributed by atoms with E-state index in [2.05, 4.69) is 26.2 Å². The van der Waals surface area contributed by atoms with Crippen LogP contribution < -0.4 is 10.2 Å². The van der Waals surface area contributed by atoms with E-state index in [-0.39, 0.29) is 12.1 Å². The Labute approximate surface area is 178 Å². The first-order valence-corrected chi connectivity index (χ1v) is 11.0. The number of carbonyl (C=O) groups excluding carboxylic acids is 1. The molecule has 1 N–H and O–H groups in total. The fourth-order valence-electron chi connectivity index (χ4n) is 4.83. The maximum absolute atomic E-state index is 13.1. The van der Waals surface area contributed by atoms with Crippen LogP contribution in [0, 0.1) is 17.2 Å². The van der Waals surface area contributed by atoms with E-state index >= 15 is 0 Å². The zero-order valence-electron chi connectivity index (χ0n) is 17.3. The van der Waals surface area contributed by atoms with Crippen molar-refractivity contribution in [2.45, 2.75) is 44.6 Å². The first-order chi connectivity index (χ1) is 14.8. The number of carbonyl (C=O) groups is 1. The van der Waals surface area contributed by atoms with E-state index in [1.54, 1.807) is 6.20 Å². The number of hydrogen-bond donors (Lipinski definition) is 1. The average molecular weight is 404 g/mol. The molecular formula is C24H29N5O.